The summed E-state index contributed by atoms with van der Waals surface area (Å²) in [7, 11) is 0. The van der Waals surface area contributed by atoms with Crippen molar-refractivity contribution < 1.29 is 5.11 Å². The second-order valence-corrected chi connectivity index (χ2v) is 2.27. The second-order valence-electron chi connectivity index (χ2n) is 2.27. The van der Waals surface area contributed by atoms with Gasteiger partial charge in [0.2, 0.25) is 0 Å². The van der Waals surface area contributed by atoms with Gasteiger partial charge in [0.1, 0.15) is 0 Å². The van der Waals surface area contributed by atoms with E-state index in [9.17, 15) is 0 Å². The third kappa shape index (κ3) is 1.79. The Morgan fingerprint density at radius 1 is 1.36 bits per heavy atom. The van der Waals surface area contributed by atoms with Crippen LogP contribution in [0.1, 0.15) is 11.5 Å². The summed E-state index contributed by atoms with van der Waals surface area (Å²) in [5, 5.41) is 17.3. The first kappa shape index (κ1) is 7.77. The summed E-state index contributed by atoms with van der Waals surface area (Å²) in [4.78, 5) is 0. The molecule has 0 unspecified atom stereocenters. The van der Waals surface area contributed by atoms with E-state index in [2.05, 4.69) is 0 Å². The first-order chi connectivity index (χ1) is 5.38. The fourth-order valence-corrected chi connectivity index (χ4v) is 0.906. The molecular formula is C9H9NO. The fraction of sp³-hybridized carbons (Fsp3) is 0.222. The molecule has 2 nitrogen and oxygen atoms in total. The van der Waals surface area contributed by atoms with Crippen molar-refractivity contribution in [3.05, 3.63) is 35.9 Å². The van der Waals surface area contributed by atoms with Crippen LogP contribution in [-0.4, -0.2) is 11.7 Å². The Balaban J connectivity index is 2.85. The number of nitrogens with zero attached hydrogens (tertiary/aromatic N) is 1. The number of nitriles is 1. The summed E-state index contributed by atoms with van der Waals surface area (Å²) in [6.45, 7) is -0.111. The van der Waals surface area contributed by atoms with Crippen LogP contribution < -0.4 is 0 Å². The molecule has 1 N–H and O–H groups in total. The van der Waals surface area contributed by atoms with E-state index in [1.165, 1.54) is 0 Å². The monoisotopic (exact) mass is 147 g/mol. The van der Waals surface area contributed by atoms with Gasteiger partial charge in [-0.1, -0.05) is 30.3 Å². The van der Waals surface area contributed by atoms with Gasteiger partial charge < -0.3 is 5.11 Å². The van der Waals surface area contributed by atoms with Crippen LogP contribution in [0.25, 0.3) is 0 Å². The van der Waals surface area contributed by atoms with Crippen LogP contribution in [0.4, 0.5) is 0 Å². The molecule has 1 aromatic rings. The molecule has 1 atom stereocenters. The number of hydrogen-bond donors (Lipinski definition) is 1. The van der Waals surface area contributed by atoms with E-state index in [4.69, 9.17) is 10.4 Å². The van der Waals surface area contributed by atoms with Crippen LogP contribution in [0, 0.1) is 11.3 Å². The van der Waals surface area contributed by atoms with E-state index in [0.29, 0.717) is 0 Å². The van der Waals surface area contributed by atoms with E-state index in [0.717, 1.165) is 5.56 Å². The molecule has 0 aliphatic heterocycles. The normalized spacial score (nSPS) is 12.0. The minimum absolute atomic E-state index is 0.111. The standard InChI is InChI=1S/C9H9NO/c10-6-9(7-11)8-4-2-1-3-5-8/h1-5,9,11H,7H2/t9-/m1/s1. The molecule has 0 amide bonds. The Labute approximate surface area is 65.7 Å². The lowest BCUT2D eigenvalue weighted by Gasteiger charge is -2.03. The lowest BCUT2D eigenvalue weighted by atomic mass is 10.0. The first-order valence-electron chi connectivity index (χ1n) is 3.44. The number of aliphatic hydroxyl groups excluding tert-OH is 1. The minimum atomic E-state index is -0.379. The molecule has 1 aromatic carbocycles. The maximum Gasteiger partial charge on any atom is 0.0943 e. The van der Waals surface area contributed by atoms with Gasteiger partial charge in [0.15, 0.2) is 0 Å². The summed E-state index contributed by atoms with van der Waals surface area (Å²) in [5.41, 5.74) is 0.873. The van der Waals surface area contributed by atoms with Gasteiger partial charge in [0.25, 0.3) is 0 Å². The van der Waals surface area contributed by atoms with Gasteiger partial charge in [-0.05, 0) is 5.56 Å². The molecule has 0 aliphatic rings. The Morgan fingerprint density at radius 3 is 2.45 bits per heavy atom. The van der Waals surface area contributed by atoms with Crippen molar-refractivity contribution in [2.24, 2.45) is 0 Å². The molecule has 0 saturated carbocycles. The molecule has 0 spiro atoms. The number of hydrogen-bond acceptors (Lipinski definition) is 2. The number of rotatable bonds is 2. The largest absolute Gasteiger partial charge is 0.395 e. The highest BCUT2D eigenvalue weighted by molar-refractivity contribution is 5.24. The van der Waals surface area contributed by atoms with Crippen LogP contribution in [0.5, 0.6) is 0 Å². The molecule has 0 saturated heterocycles. The Hall–Kier alpha value is -1.33. The molecule has 0 bridgehead atoms. The van der Waals surface area contributed by atoms with E-state index in [1.807, 2.05) is 36.4 Å². The van der Waals surface area contributed by atoms with Crippen LogP contribution in [0.15, 0.2) is 30.3 Å². The van der Waals surface area contributed by atoms with Crippen molar-refractivity contribution in [2.75, 3.05) is 6.61 Å². The molecule has 0 aromatic heterocycles. The average molecular weight is 147 g/mol. The predicted molar refractivity (Wildman–Crippen MR) is 41.9 cm³/mol. The zero-order chi connectivity index (χ0) is 8.10. The average Bonchev–Trinajstić information content (AvgIpc) is 2.09. The molecule has 11 heavy (non-hydrogen) atoms. The van der Waals surface area contributed by atoms with E-state index in [-0.39, 0.29) is 12.5 Å². The van der Waals surface area contributed by atoms with Crippen LogP contribution in [0.3, 0.4) is 0 Å². The van der Waals surface area contributed by atoms with E-state index < -0.39 is 0 Å². The fourth-order valence-electron chi connectivity index (χ4n) is 0.906. The van der Waals surface area contributed by atoms with Crippen molar-refractivity contribution in [2.45, 2.75) is 5.92 Å². The summed E-state index contributed by atoms with van der Waals surface area (Å²) in [6.07, 6.45) is 0. The van der Waals surface area contributed by atoms with Crippen molar-refractivity contribution in [1.29, 1.82) is 5.26 Å². The van der Waals surface area contributed by atoms with Gasteiger partial charge in [-0.3, -0.25) is 0 Å². The molecule has 0 aliphatic carbocycles. The molecular weight excluding hydrogens is 138 g/mol. The first-order valence-corrected chi connectivity index (χ1v) is 3.44. The van der Waals surface area contributed by atoms with E-state index >= 15 is 0 Å². The third-order valence-corrected chi connectivity index (χ3v) is 1.54. The highest BCUT2D eigenvalue weighted by Crippen LogP contribution is 2.12. The molecule has 0 heterocycles. The molecule has 0 radical (unpaired) electrons. The van der Waals surface area contributed by atoms with Crippen LogP contribution >= 0.6 is 0 Å². The van der Waals surface area contributed by atoms with Crippen molar-refractivity contribution in [3.63, 3.8) is 0 Å². The smallest absolute Gasteiger partial charge is 0.0943 e. The molecule has 56 valence electrons. The Bertz CT molecular complexity index is 250. The summed E-state index contributed by atoms with van der Waals surface area (Å²) in [5.74, 6) is -0.379. The quantitative estimate of drug-likeness (QED) is 0.684. The van der Waals surface area contributed by atoms with Gasteiger partial charge in [-0.25, -0.2) is 0 Å². The summed E-state index contributed by atoms with van der Waals surface area (Å²) >= 11 is 0. The highest BCUT2D eigenvalue weighted by atomic mass is 16.3. The number of aliphatic hydroxyl groups is 1. The summed E-state index contributed by atoms with van der Waals surface area (Å²) < 4.78 is 0. The Kier molecular flexibility index (Phi) is 2.65. The zero-order valence-corrected chi connectivity index (χ0v) is 6.07. The van der Waals surface area contributed by atoms with Crippen molar-refractivity contribution >= 4 is 0 Å². The second kappa shape index (κ2) is 3.75. The lowest BCUT2D eigenvalue weighted by molar-refractivity contribution is 0.286. The van der Waals surface area contributed by atoms with E-state index in [1.54, 1.807) is 0 Å². The van der Waals surface area contributed by atoms with Crippen LogP contribution in [-0.2, 0) is 0 Å². The minimum Gasteiger partial charge on any atom is -0.395 e. The van der Waals surface area contributed by atoms with Crippen molar-refractivity contribution in [1.82, 2.24) is 0 Å². The highest BCUT2D eigenvalue weighted by Gasteiger charge is 2.06. The van der Waals surface area contributed by atoms with Gasteiger partial charge >= 0.3 is 0 Å². The predicted octanol–water partition coefficient (Wildman–Crippen LogP) is 1.29. The third-order valence-electron chi connectivity index (χ3n) is 1.54. The molecule has 0 fully saturated rings. The maximum atomic E-state index is 8.76. The molecule has 2 heteroatoms. The van der Waals surface area contributed by atoms with Gasteiger partial charge in [0, 0.05) is 0 Å². The molecule has 1 rings (SSSR count). The lowest BCUT2D eigenvalue weighted by Crippen LogP contribution is -1.99. The maximum absolute atomic E-state index is 8.76. The SMILES string of the molecule is N#C[C@H](CO)c1ccccc1. The van der Waals surface area contributed by atoms with Gasteiger partial charge in [-0.15, -0.1) is 0 Å². The van der Waals surface area contributed by atoms with Gasteiger partial charge in [-0.2, -0.15) is 5.26 Å². The van der Waals surface area contributed by atoms with Crippen LogP contribution in [0.2, 0.25) is 0 Å². The zero-order valence-electron chi connectivity index (χ0n) is 6.07. The summed E-state index contributed by atoms with van der Waals surface area (Å²) in [6, 6.07) is 11.3. The number of benzene rings is 1. The topological polar surface area (TPSA) is 44.0 Å². The van der Waals surface area contributed by atoms with Gasteiger partial charge in [0.05, 0.1) is 18.6 Å². The Morgan fingerprint density at radius 2 is 2.00 bits per heavy atom. The van der Waals surface area contributed by atoms with Crippen molar-refractivity contribution in [3.8, 4) is 6.07 Å².